The molecule has 3 rings (SSSR count). The van der Waals surface area contributed by atoms with E-state index >= 15 is 0 Å². The fourth-order valence-electron chi connectivity index (χ4n) is 3.57. The predicted octanol–water partition coefficient (Wildman–Crippen LogP) is 3.74. The van der Waals surface area contributed by atoms with Crippen LogP contribution in [0.4, 0.5) is 5.69 Å². The van der Waals surface area contributed by atoms with Crippen molar-refractivity contribution < 1.29 is 9.53 Å². The number of ether oxygens (including phenoxy) is 1. The van der Waals surface area contributed by atoms with Gasteiger partial charge in [-0.1, -0.05) is 29.8 Å². The standard InChI is InChI=1S/C23H30ClN3O2/c1-17-15-20(24)9-10-22(17)29-19(3)23(28)25-16-18(2)26-11-13-27(14-12-26)21-7-5-4-6-8-21/h4-10,15,18-19H,11-14,16H2,1-3H3,(H,25,28)/t18-,19-/m1/s1. The smallest absolute Gasteiger partial charge is 0.260 e. The van der Waals surface area contributed by atoms with Crippen LogP contribution in [0.5, 0.6) is 5.75 Å². The van der Waals surface area contributed by atoms with Gasteiger partial charge in [-0.3, -0.25) is 9.69 Å². The first-order valence-electron chi connectivity index (χ1n) is 10.2. The Bertz CT molecular complexity index is 807. The average molecular weight is 416 g/mol. The third-order valence-corrected chi connectivity index (χ3v) is 5.68. The van der Waals surface area contributed by atoms with Crippen LogP contribution in [0.3, 0.4) is 0 Å². The van der Waals surface area contributed by atoms with Crippen LogP contribution >= 0.6 is 11.6 Å². The van der Waals surface area contributed by atoms with Crippen molar-refractivity contribution in [3.05, 3.63) is 59.1 Å². The van der Waals surface area contributed by atoms with Crippen LogP contribution in [0, 0.1) is 6.92 Å². The van der Waals surface area contributed by atoms with Crippen LogP contribution in [-0.4, -0.2) is 55.7 Å². The van der Waals surface area contributed by atoms with E-state index in [0.717, 1.165) is 31.7 Å². The molecule has 1 heterocycles. The van der Waals surface area contributed by atoms with Gasteiger partial charge in [0.1, 0.15) is 5.75 Å². The van der Waals surface area contributed by atoms with Crippen LogP contribution in [-0.2, 0) is 4.79 Å². The van der Waals surface area contributed by atoms with Gasteiger partial charge in [-0.15, -0.1) is 0 Å². The number of hydrogen-bond acceptors (Lipinski definition) is 4. The molecule has 29 heavy (non-hydrogen) atoms. The minimum Gasteiger partial charge on any atom is -0.481 e. The highest BCUT2D eigenvalue weighted by molar-refractivity contribution is 6.30. The Morgan fingerprint density at radius 1 is 1.10 bits per heavy atom. The van der Waals surface area contributed by atoms with Crippen molar-refractivity contribution in [1.82, 2.24) is 10.2 Å². The molecule has 156 valence electrons. The molecule has 0 aromatic heterocycles. The quantitative estimate of drug-likeness (QED) is 0.748. The van der Waals surface area contributed by atoms with E-state index in [1.807, 2.05) is 19.1 Å². The first-order chi connectivity index (χ1) is 13.9. The Labute approximate surface area is 178 Å². The number of hydrogen-bond donors (Lipinski definition) is 1. The molecule has 1 aliphatic heterocycles. The SMILES string of the molecule is Cc1cc(Cl)ccc1O[C@H](C)C(=O)NC[C@@H](C)N1CCN(c2ccccc2)CC1. The molecule has 2 aromatic carbocycles. The molecule has 0 unspecified atom stereocenters. The van der Waals surface area contributed by atoms with Gasteiger partial charge in [0.25, 0.3) is 5.91 Å². The molecule has 2 aromatic rings. The number of amides is 1. The van der Waals surface area contributed by atoms with Crippen molar-refractivity contribution in [3.63, 3.8) is 0 Å². The van der Waals surface area contributed by atoms with E-state index in [1.165, 1.54) is 5.69 Å². The number of piperazine rings is 1. The van der Waals surface area contributed by atoms with Gasteiger partial charge >= 0.3 is 0 Å². The average Bonchev–Trinajstić information content (AvgIpc) is 2.74. The fraction of sp³-hybridized carbons (Fsp3) is 0.435. The van der Waals surface area contributed by atoms with Gasteiger partial charge in [0.15, 0.2) is 6.10 Å². The summed E-state index contributed by atoms with van der Waals surface area (Å²) in [5, 5.41) is 3.69. The van der Waals surface area contributed by atoms with Crippen LogP contribution in [0.1, 0.15) is 19.4 Å². The lowest BCUT2D eigenvalue weighted by molar-refractivity contribution is -0.127. The van der Waals surface area contributed by atoms with E-state index in [4.69, 9.17) is 16.3 Å². The topological polar surface area (TPSA) is 44.8 Å². The van der Waals surface area contributed by atoms with E-state index in [0.29, 0.717) is 17.3 Å². The number of carbonyl (C=O) groups is 1. The molecule has 1 fully saturated rings. The van der Waals surface area contributed by atoms with Crippen molar-refractivity contribution in [3.8, 4) is 5.75 Å². The Hall–Kier alpha value is -2.24. The van der Waals surface area contributed by atoms with E-state index in [9.17, 15) is 4.79 Å². The number of carbonyl (C=O) groups excluding carboxylic acids is 1. The zero-order valence-electron chi connectivity index (χ0n) is 17.4. The largest absolute Gasteiger partial charge is 0.481 e. The van der Waals surface area contributed by atoms with Gasteiger partial charge in [0, 0.05) is 49.5 Å². The highest BCUT2D eigenvalue weighted by Crippen LogP contribution is 2.23. The lowest BCUT2D eigenvalue weighted by Crippen LogP contribution is -2.53. The Morgan fingerprint density at radius 2 is 1.79 bits per heavy atom. The van der Waals surface area contributed by atoms with Crippen molar-refractivity contribution in [2.75, 3.05) is 37.6 Å². The molecule has 1 aliphatic rings. The molecule has 6 heteroatoms. The fourth-order valence-corrected chi connectivity index (χ4v) is 3.80. The zero-order valence-corrected chi connectivity index (χ0v) is 18.2. The maximum atomic E-state index is 12.5. The van der Waals surface area contributed by atoms with Gasteiger partial charge in [-0.05, 0) is 56.7 Å². The Kier molecular flexibility index (Phi) is 7.40. The van der Waals surface area contributed by atoms with Crippen LogP contribution in [0.15, 0.2) is 48.5 Å². The monoisotopic (exact) mass is 415 g/mol. The molecule has 1 saturated heterocycles. The second-order valence-electron chi connectivity index (χ2n) is 7.62. The molecular weight excluding hydrogens is 386 g/mol. The molecule has 0 aliphatic carbocycles. The van der Waals surface area contributed by atoms with Crippen molar-refractivity contribution >= 4 is 23.2 Å². The Balaban J connectivity index is 1.43. The summed E-state index contributed by atoms with van der Waals surface area (Å²) in [5.41, 5.74) is 2.19. The van der Waals surface area contributed by atoms with E-state index in [-0.39, 0.29) is 11.9 Å². The zero-order chi connectivity index (χ0) is 20.8. The highest BCUT2D eigenvalue weighted by Gasteiger charge is 2.23. The van der Waals surface area contributed by atoms with Crippen LogP contribution in [0.2, 0.25) is 5.02 Å². The number of halogens is 1. The summed E-state index contributed by atoms with van der Waals surface area (Å²) >= 11 is 5.98. The molecule has 1 amide bonds. The van der Waals surface area contributed by atoms with Gasteiger partial charge in [0.05, 0.1) is 0 Å². The van der Waals surface area contributed by atoms with Crippen molar-refractivity contribution in [2.45, 2.75) is 32.9 Å². The number of nitrogens with zero attached hydrogens (tertiary/aromatic N) is 2. The summed E-state index contributed by atoms with van der Waals surface area (Å²) in [6.07, 6.45) is -0.558. The second-order valence-corrected chi connectivity index (χ2v) is 8.06. The third kappa shape index (κ3) is 5.87. The molecule has 0 saturated carbocycles. The van der Waals surface area contributed by atoms with Gasteiger partial charge in [-0.25, -0.2) is 0 Å². The highest BCUT2D eigenvalue weighted by atomic mass is 35.5. The minimum absolute atomic E-state index is 0.103. The maximum Gasteiger partial charge on any atom is 0.260 e. The number of aryl methyl sites for hydroxylation is 1. The number of benzene rings is 2. The number of rotatable bonds is 7. The van der Waals surface area contributed by atoms with Crippen LogP contribution < -0.4 is 15.0 Å². The lowest BCUT2D eigenvalue weighted by atomic mass is 10.2. The lowest BCUT2D eigenvalue weighted by Gasteiger charge is -2.39. The normalized spacial score (nSPS) is 16.9. The maximum absolute atomic E-state index is 12.5. The summed E-state index contributed by atoms with van der Waals surface area (Å²) in [4.78, 5) is 17.3. The first-order valence-corrected chi connectivity index (χ1v) is 10.6. The van der Waals surface area contributed by atoms with Gasteiger partial charge in [0.2, 0.25) is 0 Å². The number of para-hydroxylation sites is 1. The van der Waals surface area contributed by atoms with E-state index in [2.05, 4.69) is 46.3 Å². The van der Waals surface area contributed by atoms with Crippen molar-refractivity contribution in [1.29, 1.82) is 0 Å². The number of nitrogens with one attached hydrogen (secondary N) is 1. The molecule has 0 bridgehead atoms. The van der Waals surface area contributed by atoms with Crippen molar-refractivity contribution in [2.24, 2.45) is 0 Å². The first kappa shape index (κ1) is 21.5. The van der Waals surface area contributed by atoms with Gasteiger partial charge < -0.3 is 15.0 Å². The number of anilines is 1. The molecule has 1 N–H and O–H groups in total. The molecule has 5 nitrogen and oxygen atoms in total. The molecule has 0 spiro atoms. The Morgan fingerprint density at radius 3 is 2.45 bits per heavy atom. The summed E-state index contributed by atoms with van der Waals surface area (Å²) in [6.45, 7) is 10.4. The molecular formula is C23H30ClN3O2. The summed E-state index contributed by atoms with van der Waals surface area (Å²) < 4.78 is 5.81. The van der Waals surface area contributed by atoms with E-state index < -0.39 is 6.10 Å². The van der Waals surface area contributed by atoms with Gasteiger partial charge in [-0.2, -0.15) is 0 Å². The van der Waals surface area contributed by atoms with E-state index in [1.54, 1.807) is 19.1 Å². The summed E-state index contributed by atoms with van der Waals surface area (Å²) in [7, 11) is 0. The summed E-state index contributed by atoms with van der Waals surface area (Å²) in [6, 6.07) is 16.2. The molecule has 2 atom stereocenters. The minimum atomic E-state index is -0.558. The predicted molar refractivity (Wildman–Crippen MR) is 119 cm³/mol. The van der Waals surface area contributed by atoms with Crippen LogP contribution in [0.25, 0.3) is 0 Å². The molecule has 0 radical (unpaired) electrons. The summed E-state index contributed by atoms with van der Waals surface area (Å²) in [5.74, 6) is 0.580. The second kappa shape index (κ2) is 9.99. The third-order valence-electron chi connectivity index (χ3n) is 5.44.